The van der Waals surface area contributed by atoms with Gasteiger partial charge in [0.15, 0.2) is 0 Å². The van der Waals surface area contributed by atoms with Crippen LogP contribution >= 0.6 is 0 Å². The first kappa shape index (κ1) is 19.6. The van der Waals surface area contributed by atoms with E-state index >= 15 is 0 Å². The molecule has 2 atom stereocenters. The van der Waals surface area contributed by atoms with E-state index in [-0.39, 0.29) is 0 Å². The lowest BCUT2D eigenvalue weighted by Crippen LogP contribution is -2.34. The third kappa shape index (κ3) is 8.48. The molecule has 2 unspecified atom stereocenters. The standard InChI is InChI=1S/C16H28O5/c1-3-4-5-6-7-8-9-10-11-12(2)13(15(18)19)14(17)16(20)21/h12-13H,3-11H2,1-2H3,(H,18,19)(H,20,21). The molecule has 21 heavy (non-hydrogen) atoms. The number of carboxylic acid groups (broad SMARTS) is 2. The van der Waals surface area contributed by atoms with Crippen LogP contribution in [0.3, 0.4) is 0 Å². The second-order valence-electron chi connectivity index (χ2n) is 5.73. The van der Waals surface area contributed by atoms with Crippen molar-refractivity contribution in [2.24, 2.45) is 11.8 Å². The topological polar surface area (TPSA) is 91.7 Å². The zero-order chi connectivity index (χ0) is 16.3. The molecule has 0 aliphatic carbocycles. The Bertz CT molecular complexity index is 338. The van der Waals surface area contributed by atoms with Gasteiger partial charge in [-0.25, -0.2) is 4.79 Å². The molecule has 0 bridgehead atoms. The number of carbonyl (C=O) groups is 3. The van der Waals surface area contributed by atoms with Crippen LogP contribution in [0.2, 0.25) is 0 Å². The molecule has 0 heterocycles. The third-order valence-electron chi connectivity index (χ3n) is 3.84. The number of aliphatic carboxylic acids is 2. The Morgan fingerprint density at radius 2 is 1.33 bits per heavy atom. The number of carboxylic acids is 2. The van der Waals surface area contributed by atoms with Crippen molar-refractivity contribution in [3.05, 3.63) is 0 Å². The lowest BCUT2D eigenvalue weighted by atomic mass is 9.86. The number of hydrogen-bond donors (Lipinski definition) is 2. The summed E-state index contributed by atoms with van der Waals surface area (Å²) in [5.41, 5.74) is 0. The van der Waals surface area contributed by atoms with Crippen molar-refractivity contribution in [3.8, 4) is 0 Å². The molecule has 0 fully saturated rings. The smallest absolute Gasteiger partial charge is 0.373 e. The summed E-state index contributed by atoms with van der Waals surface area (Å²) in [5.74, 6) is -6.08. The maximum absolute atomic E-state index is 11.4. The fourth-order valence-corrected chi connectivity index (χ4v) is 2.51. The van der Waals surface area contributed by atoms with Crippen LogP contribution in [0.5, 0.6) is 0 Å². The molecule has 5 nitrogen and oxygen atoms in total. The number of hydrogen-bond acceptors (Lipinski definition) is 3. The summed E-state index contributed by atoms with van der Waals surface area (Å²) in [6.07, 6.45) is 9.71. The number of ketones is 1. The highest BCUT2D eigenvalue weighted by Gasteiger charge is 2.35. The molecule has 5 heteroatoms. The Morgan fingerprint density at radius 3 is 1.76 bits per heavy atom. The Hall–Kier alpha value is -1.39. The molecule has 0 aromatic rings. The van der Waals surface area contributed by atoms with E-state index in [2.05, 4.69) is 6.92 Å². The van der Waals surface area contributed by atoms with E-state index in [4.69, 9.17) is 10.2 Å². The Morgan fingerprint density at radius 1 is 0.857 bits per heavy atom. The molecule has 2 N–H and O–H groups in total. The van der Waals surface area contributed by atoms with E-state index in [1.165, 1.54) is 32.1 Å². The molecule has 122 valence electrons. The molecule has 0 aliphatic heterocycles. The maximum atomic E-state index is 11.4. The molecule has 0 saturated carbocycles. The van der Waals surface area contributed by atoms with Gasteiger partial charge < -0.3 is 10.2 Å². The summed E-state index contributed by atoms with van der Waals surface area (Å²) in [7, 11) is 0. The van der Waals surface area contributed by atoms with E-state index < -0.39 is 29.6 Å². The predicted octanol–water partition coefficient (Wildman–Crippen LogP) is 3.51. The third-order valence-corrected chi connectivity index (χ3v) is 3.84. The van der Waals surface area contributed by atoms with Gasteiger partial charge >= 0.3 is 11.9 Å². The SMILES string of the molecule is CCCCCCCCCCC(C)C(C(=O)O)C(=O)C(=O)O. The van der Waals surface area contributed by atoms with Crippen LogP contribution in [-0.4, -0.2) is 27.9 Å². The number of unbranched alkanes of at least 4 members (excludes halogenated alkanes) is 7. The Labute approximate surface area is 126 Å². The van der Waals surface area contributed by atoms with E-state index in [1.807, 2.05) is 0 Å². The van der Waals surface area contributed by atoms with E-state index in [1.54, 1.807) is 6.92 Å². The molecule has 0 amide bonds. The second kappa shape index (κ2) is 11.3. The highest BCUT2D eigenvalue weighted by molar-refractivity contribution is 6.37. The first-order chi connectivity index (χ1) is 9.91. The minimum atomic E-state index is -1.66. The monoisotopic (exact) mass is 300 g/mol. The Kier molecular flexibility index (Phi) is 10.5. The van der Waals surface area contributed by atoms with Gasteiger partial charge in [-0.1, -0.05) is 65.2 Å². The first-order valence-electron chi connectivity index (χ1n) is 7.91. The van der Waals surface area contributed by atoms with Crippen molar-refractivity contribution in [2.75, 3.05) is 0 Å². The lowest BCUT2D eigenvalue weighted by molar-refractivity contribution is -0.158. The number of Topliss-reactive ketones (excluding diaryl/α,β-unsaturated/α-hetero) is 1. The maximum Gasteiger partial charge on any atom is 0.373 e. The average molecular weight is 300 g/mol. The van der Waals surface area contributed by atoms with Gasteiger partial charge in [-0.15, -0.1) is 0 Å². The summed E-state index contributed by atoms with van der Waals surface area (Å²) in [5, 5.41) is 17.7. The summed E-state index contributed by atoms with van der Waals surface area (Å²) < 4.78 is 0. The van der Waals surface area contributed by atoms with Gasteiger partial charge in [-0.3, -0.25) is 9.59 Å². The normalized spacial score (nSPS) is 13.6. The largest absolute Gasteiger partial charge is 0.481 e. The van der Waals surface area contributed by atoms with Crippen molar-refractivity contribution < 1.29 is 24.6 Å². The van der Waals surface area contributed by atoms with Gasteiger partial charge in [0.25, 0.3) is 5.78 Å². The highest BCUT2D eigenvalue weighted by atomic mass is 16.4. The predicted molar refractivity (Wildman–Crippen MR) is 80.2 cm³/mol. The molecule has 0 aliphatic rings. The molecule has 0 aromatic heterocycles. The van der Waals surface area contributed by atoms with Gasteiger partial charge in [0.2, 0.25) is 0 Å². The van der Waals surface area contributed by atoms with Crippen LogP contribution in [0, 0.1) is 11.8 Å². The van der Waals surface area contributed by atoms with Gasteiger partial charge in [0.1, 0.15) is 5.92 Å². The van der Waals surface area contributed by atoms with Crippen molar-refractivity contribution in [1.29, 1.82) is 0 Å². The number of carbonyl (C=O) groups excluding carboxylic acids is 1. The van der Waals surface area contributed by atoms with Crippen molar-refractivity contribution >= 4 is 17.7 Å². The fourth-order valence-electron chi connectivity index (χ4n) is 2.51. The van der Waals surface area contributed by atoms with Crippen LogP contribution in [0.25, 0.3) is 0 Å². The lowest BCUT2D eigenvalue weighted by Gasteiger charge is -2.17. The van der Waals surface area contributed by atoms with Crippen LogP contribution in [0.1, 0.15) is 71.6 Å². The summed E-state index contributed by atoms with van der Waals surface area (Å²) in [6, 6.07) is 0. The minimum Gasteiger partial charge on any atom is -0.481 e. The molecule has 0 spiro atoms. The highest BCUT2D eigenvalue weighted by Crippen LogP contribution is 2.21. The van der Waals surface area contributed by atoms with Crippen molar-refractivity contribution in [3.63, 3.8) is 0 Å². The molecular formula is C16H28O5. The van der Waals surface area contributed by atoms with Gasteiger partial charge in [0, 0.05) is 0 Å². The summed E-state index contributed by atoms with van der Waals surface area (Å²) >= 11 is 0. The zero-order valence-corrected chi connectivity index (χ0v) is 13.1. The van der Waals surface area contributed by atoms with Crippen molar-refractivity contribution in [1.82, 2.24) is 0 Å². The van der Waals surface area contributed by atoms with Crippen LogP contribution < -0.4 is 0 Å². The van der Waals surface area contributed by atoms with Gasteiger partial charge in [0.05, 0.1) is 0 Å². The quantitative estimate of drug-likeness (QED) is 0.308. The van der Waals surface area contributed by atoms with Gasteiger partial charge in [-0.05, 0) is 12.3 Å². The average Bonchev–Trinajstić information content (AvgIpc) is 2.41. The molecule has 0 saturated heterocycles. The zero-order valence-electron chi connectivity index (χ0n) is 13.1. The van der Waals surface area contributed by atoms with E-state index in [0.29, 0.717) is 6.42 Å². The minimum absolute atomic E-state index is 0.439. The van der Waals surface area contributed by atoms with Crippen LogP contribution in [-0.2, 0) is 14.4 Å². The first-order valence-corrected chi connectivity index (χ1v) is 7.91. The van der Waals surface area contributed by atoms with Crippen LogP contribution in [0.15, 0.2) is 0 Å². The van der Waals surface area contributed by atoms with Gasteiger partial charge in [-0.2, -0.15) is 0 Å². The van der Waals surface area contributed by atoms with E-state index in [0.717, 1.165) is 19.3 Å². The molecule has 0 aromatic carbocycles. The molecule has 0 radical (unpaired) electrons. The fraction of sp³-hybridized carbons (Fsp3) is 0.812. The summed E-state index contributed by atoms with van der Waals surface area (Å²) in [4.78, 5) is 33.1. The van der Waals surface area contributed by atoms with E-state index in [9.17, 15) is 14.4 Å². The van der Waals surface area contributed by atoms with Crippen molar-refractivity contribution in [2.45, 2.75) is 71.6 Å². The van der Waals surface area contributed by atoms with Crippen LogP contribution in [0.4, 0.5) is 0 Å². The second-order valence-corrected chi connectivity index (χ2v) is 5.73. The molecule has 0 rings (SSSR count). The molecular weight excluding hydrogens is 272 g/mol. The number of rotatable bonds is 13. The Balaban J connectivity index is 3.94. The summed E-state index contributed by atoms with van der Waals surface area (Å²) in [6.45, 7) is 3.82.